The molecule has 2 aliphatic rings. The van der Waals surface area contributed by atoms with Crippen molar-refractivity contribution >= 4 is 23.4 Å². The van der Waals surface area contributed by atoms with Gasteiger partial charge in [-0.25, -0.2) is 0 Å². The number of benzene rings is 2. The third kappa shape index (κ3) is 2.06. The van der Waals surface area contributed by atoms with Crippen molar-refractivity contribution in [3.8, 4) is 28.7 Å². The van der Waals surface area contributed by atoms with E-state index in [2.05, 4.69) is 0 Å². The number of hydrogen-bond acceptors (Lipinski definition) is 6. The zero-order valence-electron chi connectivity index (χ0n) is 12.7. The Morgan fingerprint density at radius 3 is 2.48 bits per heavy atom. The van der Waals surface area contributed by atoms with Crippen LogP contribution in [0, 0.1) is 5.92 Å². The molecule has 0 bridgehead atoms. The number of aliphatic carboxylic acids is 1. The van der Waals surface area contributed by atoms with E-state index < -0.39 is 29.2 Å². The van der Waals surface area contributed by atoms with Crippen molar-refractivity contribution < 1.29 is 34.8 Å². The molecule has 126 valence electrons. The first-order valence-electron chi connectivity index (χ1n) is 7.45. The van der Waals surface area contributed by atoms with Crippen molar-refractivity contribution in [2.24, 2.45) is 5.92 Å². The van der Waals surface area contributed by atoms with Crippen LogP contribution >= 0.6 is 0 Å². The van der Waals surface area contributed by atoms with Crippen LogP contribution in [0.4, 0.5) is 0 Å². The first-order valence-corrected chi connectivity index (χ1v) is 7.45. The number of phenolic OH excluding ortho intramolecular Hbond substituents is 3. The molecular weight excluding hydrogens is 328 g/mol. The van der Waals surface area contributed by atoms with Crippen molar-refractivity contribution in [1.29, 1.82) is 0 Å². The molecule has 0 saturated heterocycles. The van der Waals surface area contributed by atoms with Gasteiger partial charge in [0.15, 0.2) is 28.8 Å². The van der Waals surface area contributed by atoms with E-state index in [1.54, 1.807) is 6.07 Å². The second kappa shape index (κ2) is 5.01. The van der Waals surface area contributed by atoms with E-state index in [4.69, 9.17) is 4.74 Å². The third-order valence-corrected chi connectivity index (χ3v) is 4.44. The third-order valence-electron chi connectivity index (χ3n) is 4.44. The van der Waals surface area contributed by atoms with Gasteiger partial charge < -0.3 is 25.2 Å². The van der Waals surface area contributed by atoms with Crippen LogP contribution in [0.15, 0.2) is 24.3 Å². The van der Waals surface area contributed by atoms with Crippen LogP contribution in [-0.4, -0.2) is 32.2 Å². The Morgan fingerprint density at radius 1 is 1.04 bits per heavy atom. The van der Waals surface area contributed by atoms with E-state index in [-0.39, 0.29) is 34.8 Å². The molecule has 0 radical (unpaired) electrons. The average molecular weight is 340 g/mol. The number of carboxylic acid groups (broad SMARTS) is 1. The Morgan fingerprint density at radius 2 is 1.76 bits per heavy atom. The monoisotopic (exact) mass is 340 g/mol. The van der Waals surface area contributed by atoms with E-state index in [0.29, 0.717) is 11.1 Å². The fraction of sp³-hybridized carbons (Fsp3) is 0.111. The number of allylic oxidation sites excluding steroid dienone is 1. The Bertz CT molecular complexity index is 987. The smallest absolute Gasteiger partial charge is 0.314 e. The summed E-state index contributed by atoms with van der Waals surface area (Å²) in [6, 6.07) is 5.54. The molecule has 0 fully saturated rings. The van der Waals surface area contributed by atoms with E-state index in [0.717, 1.165) is 0 Å². The van der Waals surface area contributed by atoms with Gasteiger partial charge in [-0.05, 0) is 36.3 Å². The molecule has 25 heavy (non-hydrogen) atoms. The molecular formula is C18H12O7. The number of carbonyl (C=O) groups is 2. The highest BCUT2D eigenvalue weighted by molar-refractivity contribution is 6.32. The second-order valence-electron chi connectivity index (χ2n) is 5.92. The summed E-state index contributed by atoms with van der Waals surface area (Å²) in [5, 5.41) is 39.3. The first-order chi connectivity index (χ1) is 11.9. The SMILES string of the molecule is O=C(O)C1Cc2ccc(O)c3c2C(=Cc2ccc(O)c(O)c2O3)C1=O. The predicted molar refractivity (Wildman–Crippen MR) is 85.7 cm³/mol. The number of carbonyl (C=O) groups excluding carboxylic acids is 1. The number of ketones is 1. The molecule has 2 aromatic carbocycles. The summed E-state index contributed by atoms with van der Waals surface area (Å²) in [7, 11) is 0. The minimum Gasteiger partial charge on any atom is -0.504 e. The molecule has 1 unspecified atom stereocenters. The molecule has 2 aromatic rings. The largest absolute Gasteiger partial charge is 0.504 e. The van der Waals surface area contributed by atoms with Crippen molar-refractivity contribution in [1.82, 2.24) is 0 Å². The topological polar surface area (TPSA) is 124 Å². The molecule has 0 saturated carbocycles. The number of fused-ring (bicyclic) bond motifs is 1. The van der Waals surface area contributed by atoms with Crippen LogP contribution in [0.1, 0.15) is 16.7 Å². The quantitative estimate of drug-likeness (QED) is 0.464. The highest BCUT2D eigenvalue weighted by Gasteiger charge is 2.39. The van der Waals surface area contributed by atoms with Gasteiger partial charge in [-0.1, -0.05) is 6.07 Å². The summed E-state index contributed by atoms with van der Waals surface area (Å²) in [6.45, 7) is 0. The van der Waals surface area contributed by atoms with Crippen LogP contribution in [-0.2, 0) is 16.0 Å². The van der Waals surface area contributed by atoms with E-state index in [9.17, 15) is 30.0 Å². The maximum absolute atomic E-state index is 12.7. The summed E-state index contributed by atoms with van der Waals surface area (Å²) in [6.07, 6.45) is 1.38. The molecule has 0 amide bonds. The average Bonchev–Trinajstić information content (AvgIpc) is 2.75. The maximum atomic E-state index is 12.7. The summed E-state index contributed by atoms with van der Waals surface area (Å²) < 4.78 is 5.62. The van der Waals surface area contributed by atoms with Gasteiger partial charge in [0.05, 0.1) is 0 Å². The number of rotatable bonds is 1. The van der Waals surface area contributed by atoms with E-state index in [1.165, 1.54) is 24.3 Å². The lowest BCUT2D eigenvalue weighted by Gasteiger charge is -2.24. The number of phenols is 3. The van der Waals surface area contributed by atoms with Crippen LogP contribution in [0.2, 0.25) is 0 Å². The van der Waals surface area contributed by atoms with Crippen LogP contribution in [0.5, 0.6) is 28.7 Å². The van der Waals surface area contributed by atoms with Crippen molar-refractivity contribution in [3.05, 3.63) is 41.0 Å². The minimum absolute atomic E-state index is 0.0228. The predicted octanol–water partition coefficient (Wildman–Crippen LogP) is 2.28. The highest BCUT2D eigenvalue weighted by atomic mass is 16.5. The molecule has 1 aliphatic carbocycles. The molecule has 1 atom stereocenters. The maximum Gasteiger partial charge on any atom is 0.314 e. The van der Waals surface area contributed by atoms with Gasteiger partial charge in [-0.3, -0.25) is 9.59 Å². The fourth-order valence-corrected chi connectivity index (χ4v) is 3.20. The van der Waals surface area contributed by atoms with E-state index in [1.807, 2.05) is 0 Å². The molecule has 4 rings (SSSR count). The van der Waals surface area contributed by atoms with Gasteiger partial charge in [0.2, 0.25) is 5.75 Å². The molecule has 7 heteroatoms. The van der Waals surface area contributed by atoms with Crippen molar-refractivity contribution in [2.45, 2.75) is 6.42 Å². The number of ether oxygens (including phenoxy) is 1. The van der Waals surface area contributed by atoms with Crippen LogP contribution in [0.3, 0.4) is 0 Å². The molecule has 4 N–H and O–H groups in total. The summed E-state index contributed by atoms with van der Waals surface area (Å²) in [5.74, 6) is -4.46. The number of hydrogen-bond donors (Lipinski definition) is 4. The van der Waals surface area contributed by atoms with Gasteiger partial charge in [-0.15, -0.1) is 0 Å². The van der Waals surface area contributed by atoms with Gasteiger partial charge >= 0.3 is 5.97 Å². The first kappa shape index (κ1) is 15.1. The molecule has 1 heterocycles. The van der Waals surface area contributed by atoms with Gasteiger partial charge in [0.1, 0.15) is 5.92 Å². The molecule has 1 aliphatic heterocycles. The zero-order chi connectivity index (χ0) is 17.9. The second-order valence-corrected chi connectivity index (χ2v) is 5.92. The Hall–Kier alpha value is -3.48. The van der Waals surface area contributed by atoms with Crippen molar-refractivity contribution in [3.63, 3.8) is 0 Å². The lowest BCUT2D eigenvalue weighted by Crippen LogP contribution is -2.31. The summed E-state index contributed by atoms with van der Waals surface area (Å²) in [4.78, 5) is 24.1. The number of carboxylic acids is 1. The fourth-order valence-electron chi connectivity index (χ4n) is 3.20. The van der Waals surface area contributed by atoms with Crippen LogP contribution in [0.25, 0.3) is 11.6 Å². The Labute approximate surface area is 141 Å². The molecule has 0 spiro atoms. The van der Waals surface area contributed by atoms with Gasteiger partial charge in [-0.2, -0.15) is 0 Å². The lowest BCUT2D eigenvalue weighted by molar-refractivity contribution is -0.144. The minimum atomic E-state index is -1.23. The van der Waals surface area contributed by atoms with Gasteiger partial charge in [0.25, 0.3) is 0 Å². The van der Waals surface area contributed by atoms with Gasteiger partial charge in [0, 0.05) is 16.7 Å². The summed E-state index contributed by atoms with van der Waals surface area (Å²) >= 11 is 0. The highest BCUT2D eigenvalue weighted by Crippen LogP contribution is 2.51. The summed E-state index contributed by atoms with van der Waals surface area (Å²) in [5.41, 5.74) is 1.22. The lowest BCUT2D eigenvalue weighted by atomic mass is 9.78. The Balaban J connectivity index is 2.06. The molecule has 0 aromatic heterocycles. The number of aromatic hydroxyl groups is 3. The number of Topliss-reactive ketones (excluding diaryl/α,β-unsaturated/α-hetero) is 1. The van der Waals surface area contributed by atoms with Crippen LogP contribution < -0.4 is 4.74 Å². The molecule has 7 nitrogen and oxygen atoms in total. The zero-order valence-corrected chi connectivity index (χ0v) is 12.7. The van der Waals surface area contributed by atoms with Crippen molar-refractivity contribution in [2.75, 3.05) is 0 Å². The van der Waals surface area contributed by atoms with E-state index >= 15 is 0 Å². The normalized spacial score (nSPS) is 17.7. The standard InChI is InChI=1S/C18H12O7/c19-11-3-2-8-6-9-13-7(5-10(14(9)21)18(23)24)1-4-12(20)17(13)25-16(8)15(11)22/h1-4,6,10,19-20,22H,5H2,(H,23,24). The Kier molecular flexibility index (Phi) is 3.02.